The van der Waals surface area contributed by atoms with Gasteiger partial charge in [-0.1, -0.05) is 23.8 Å². The molecule has 0 aliphatic rings. The molecular weight excluding hydrogens is 360 g/mol. The summed E-state index contributed by atoms with van der Waals surface area (Å²) >= 11 is 0. The van der Waals surface area contributed by atoms with E-state index in [0.717, 1.165) is 11.1 Å². The van der Waals surface area contributed by atoms with Crippen molar-refractivity contribution in [2.24, 2.45) is 0 Å². The zero-order valence-corrected chi connectivity index (χ0v) is 15.5. The summed E-state index contributed by atoms with van der Waals surface area (Å²) in [6.07, 6.45) is 6.35. The summed E-state index contributed by atoms with van der Waals surface area (Å²) in [6, 6.07) is 16.4. The van der Waals surface area contributed by atoms with Gasteiger partial charge in [0.15, 0.2) is 0 Å². The van der Waals surface area contributed by atoms with E-state index in [1.807, 2.05) is 13.0 Å². The van der Waals surface area contributed by atoms with Gasteiger partial charge in [-0.25, -0.2) is 8.42 Å². The van der Waals surface area contributed by atoms with Crippen molar-refractivity contribution in [3.8, 4) is 0 Å². The molecule has 1 heterocycles. The predicted molar refractivity (Wildman–Crippen MR) is 105 cm³/mol. The van der Waals surface area contributed by atoms with Gasteiger partial charge in [0, 0.05) is 24.2 Å². The van der Waals surface area contributed by atoms with Crippen molar-refractivity contribution in [3.63, 3.8) is 0 Å². The Hall–Kier alpha value is -3.25. The molecule has 0 bridgehead atoms. The molecule has 0 aliphatic carbocycles. The minimum atomic E-state index is -3.58. The van der Waals surface area contributed by atoms with Crippen LogP contribution in [0, 0.1) is 6.92 Å². The summed E-state index contributed by atoms with van der Waals surface area (Å²) in [5.74, 6) is -0.312. The molecule has 0 atom stereocenters. The van der Waals surface area contributed by atoms with E-state index in [-0.39, 0.29) is 15.7 Å². The van der Waals surface area contributed by atoms with E-state index >= 15 is 0 Å². The smallest absolute Gasteiger partial charge is 0.248 e. The highest BCUT2D eigenvalue weighted by molar-refractivity contribution is 7.91. The maximum absolute atomic E-state index is 12.6. The molecule has 2 aromatic carbocycles. The first kappa shape index (κ1) is 18.5. The van der Waals surface area contributed by atoms with Crippen molar-refractivity contribution in [1.29, 1.82) is 0 Å². The van der Waals surface area contributed by atoms with Crippen LogP contribution < -0.4 is 5.32 Å². The number of pyridine rings is 1. The van der Waals surface area contributed by atoms with Crippen molar-refractivity contribution in [2.45, 2.75) is 16.7 Å². The van der Waals surface area contributed by atoms with Gasteiger partial charge in [0.1, 0.15) is 0 Å². The molecular formula is C21H18N2O3S. The zero-order valence-electron chi connectivity index (χ0n) is 14.7. The van der Waals surface area contributed by atoms with Crippen LogP contribution in [-0.2, 0) is 14.6 Å². The minimum absolute atomic E-state index is 0.176. The van der Waals surface area contributed by atoms with Crippen LogP contribution in [0.2, 0.25) is 0 Å². The largest absolute Gasteiger partial charge is 0.323 e. The maximum atomic E-state index is 12.6. The Morgan fingerprint density at radius 1 is 0.963 bits per heavy atom. The van der Waals surface area contributed by atoms with Gasteiger partial charge in [0.25, 0.3) is 0 Å². The summed E-state index contributed by atoms with van der Waals surface area (Å²) in [5.41, 5.74) is 2.32. The molecule has 6 heteroatoms. The maximum Gasteiger partial charge on any atom is 0.248 e. The third-order valence-corrected chi connectivity index (χ3v) is 5.66. The Morgan fingerprint density at radius 2 is 1.59 bits per heavy atom. The number of hydrogen-bond acceptors (Lipinski definition) is 4. The van der Waals surface area contributed by atoms with E-state index in [2.05, 4.69) is 10.3 Å². The topological polar surface area (TPSA) is 76.1 Å². The van der Waals surface area contributed by atoms with Gasteiger partial charge >= 0.3 is 0 Å². The third-order valence-electron chi connectivity index (χ3n) is 3.88. The average molecular weight is 378 g/mol. The van der Waals surface area contributed by atoms with Gasteiger partial charge in [-0.05, 0) is 61.0 Å². The first-order chi connectivity index (χ1) is 12.9. The molecule has 27 heavy (non-hydrogen) atoms. The molecule has 3 aromatic rings. The SMILES string of the molecule is Cc1ccc(S(=O)(=O)c2ccc(NC(=O)C=Cc3cccnc3)cc2)cc1. The molecule has 0 aliphatic heterocycles. The van der Waals surface area contributed by atoms with Gasteiger partial charge in [-0.3, -0.25) is 9.78 Å². The van der Waals surface area contributed by atoms with Crippen molar-refractivity contribution >= 4 is 27.5 Å². The van der Waals surface area contributed by atoms with Gasteiger partial charge in [0.05, 0.1) is 9.79 Å². The van der Waals surface area contributed by atoms with Crippen molar-refractivity contribution in [3.05, 3.63) is 90.3 Å². The predicted octanol–water partition coefficient (Wildman–Crippen LogP) is 3.87. The molecule has 0 saturated heterocycles. The number of amides is 1. The number of sulfone groups is 1. The van der Waals surface area contributed by atoms with Gasteiger partial charge in [-0.2, -0.15) is 0 Å². The fourth-order valence-electron chi connectivity index (χ4n) is 2.40. The van der Waals surface area contributed by atoms with E-state index in [4.69, 9.17) is 0 Å². The number of anilines is 1. The average Bonchev–Trinajstić information content (AvgIpc) is 2.68. The molecule has 1 N–H and O–H groups in total. The van der Waals surface area contributed by atoms with E-state index in [9.17, 15) is 13.2 Å². The van der Waals surface area contributed by atoms with Crippen LogP contribution in [0.25, 0.3) is 6.08 Å². The fourth-order valence-corrected chi connectivity index (χ4v) is 3.66. The molecule has 136 valence electrons. The summed E-state index contributed by atoms with van der Waals surface area (Å²) < 4.78 is 25.3. The Morgan fingerprint density at radius 3 is 2.19 bits per heavy atom. The van der Waals surface area contributed by atoms with E-state index in [0.29, 0.717) is 5.69 Å². The second-order valence-electron chi connectivity index (χ2n) is 5.95. The fraction of sp³-hybridized carbons (Fsp3) is 0.0476. The van der Waals surface area contributed by atoms with E-state index < -0.39 is 9.84 Å². The number of aryl methyl sites for hydroxylation is 1. The van der Waals surface area contributed by atoms with Crippen LogP contribution in [0.3, 0.4) is 0 Å². The quantitative estimate of drug-likeness (QED) is 0.684. The molecule has 0 fully saturated rings. The Labute approximate surface area is 158 Å². The lowest BCUT2D eigenvalue weighted by atomic mass is 10.2. The Bertz CT molecular complexity index is 1060. The van der Waals surface area contributed by atoms with Crippen LogP contribution in [-0.4, -0.2) is 19.3 Å². The standard InChI is InChI=1S/C21H18N2O3S/c1-16-4-9-19(10-5-16)27(25,26)20-11-7-18(8-12-20)23-21(24)13-6-17-3-2-14-22-15-17/h2-15H,1H3,(H,23,24). The van der Waals surface area contributed by atoms with E-state index in [1.54, 1.807) is 60.9 Å². The molecule has 5 nitrogen and oxygen atoms in total. The number of rotatable bonds is 5. The summed E-state index contributed by atoms with van der Waals surface area (Å²) in [7, 11) is -3.58. The third kappa shape index (κ3) is 4.68. The van der Waals surface area contributed by atoms with Crippen LogP contribution in [0.4, 0.5) is 5.69 Å². The van der Waals surface area contributed by atoms with Crippen LogP contribution in [0.5, 0.6) is 0 Å². The zero-order chi connectivity index (χ0) is 19.3. The molecule has 0 saturated carbocycles. The number of benzene rings is 2. The number of carbonyl (C=O) groups is 1. The Kier molecular flexibility index (Phi) is 5.47. The van der Waals surface area contributed by atoms with Crippen LogP contribution in [0.1, 0.15) is 11.1 Å². The van der Waals surface area contributed by atoms with Crippen LogP contribution >= 0.6 is 0 Å². The molecule has 3 rings (SSSR count). The van der Waals surface area contributed by atoms with Gasteiger partial charge < -0.3 is 5.32 Å². The first-order valence-electron chi connectivity index (χ1n) is 8.26. The number of nitrogens with one attached hydrogen (secondary N) is 1. The van der Waals surface area contributed by atoms with Gasteiger partial charge in [-0.15, -0.1) is 0 Å². The highest BCUT2D eigenvalue weighted by Gasteiger charge is 2.17. The van der Waals surface area contributed by atoms with Crippen LogP contribution in [0.15, 0.2) is 88.9 Å². The normalized spacial score (nSPS) is 11.4. The highest BCUT2D eigenvalue weighted by atomic mass is 32.2. The molecule has 1 amide bonds. The van der Waals surface area contributed by atoms with Crippen molar-refractivity contribution in [1.82, 2.24) is 4.98 Å². The number of hydrogen-bond donors (Lipinski definition) is 1. The number of carbonyl (C=O) groups excluding carboxylic acids is 1. The monoisotopic (exact) mass is 378 g/mol. The summed E-state index contributed by atoms with van der Waals surface area (Å²) in [5, 5.41) is 2.70. The number of aromatic nitrogens is 1. The molecule has 0 spiro atoms. The van der Waals surface area contributed by atoms with E-state index in [1.165, 1.54) is 18.2 Å². The summed E-state index contributed by atoms with van der Waals surface area (Å²) in [4.78, 5) is 16.4. The lowest BCUT2D eigenvalue weighted by molar-refractivity contribution is -0.111. The molecule has 0 radical (unpaired) electrons. The highest BCUT2D eigenvalue weighted by Crippen LogP contribution is 2.22. The van der Waals surface area contributed by atoms with Crippen molar-refractivity contribution in [2.75, 3.05) is 5.32 Å². The summed E-state index contributed by atoms with van der Waals surface area (Å²) in [6.45, 7) is 1.90. The Balaban J connectivity index is 1.70. The van der Waals surface area contributed by atoms with Gasteiger partial charge in [0.2, 0.25) is 15.7 Å². The first-order valence-corrected chi connectivity index (χ1v) is 9.74. The number of nitrogens with zero attached hydrogens (tertiary/aromatic N) is 1. The molecule has 1 aromatic heterocycles. The minimum Gasteiger partial charge on any atom is -0.323 e. The second-order valence-corrected chi connectivity index (χ2v) is 7.90. The van der Waals surface area contributed by atoms with Crippen molar-refractivity contribution < 1.29 is 13.2 Å². The second kappa shape index (κ2) is 7.97. The lowest BCUT2D eigenvalue weighted by Crippen LogP contribution is -2.08. The lowest BCUT2D eigenvalue weighted by Gasteiger charge is -2.07. The molecule has 0 unspecified atom stereocenters.